The lowest BCUT2D eigenvalue weighted by Crippen LogP contribution is -2.31. The third-order valence-corrected chi connectivity index (χ3v) is 6.21. The molecule has 0 spiro atoms. The Morgan fingerprint density at radius 2 is 2.03 bits per heavy atom. The second-order valence-corrected chi connectivity index (χ2v) is 8.49. The monoisotopic (exact) mass is 403 g/mol. The lowest BCUT2D eigenvalue weighted by Gasteiger charge is -2.34. The topological polar surface area (TPSA) is 76.6 Å². The van der Waals surface area contributed by atoms with Crippen molar-refractivity contribution in [3.8, 4) is 6.07 Å². The first-order valence-electron chi connectivity index (χ1n) is 9.84. The summed E-state index contributed by atoms with van der Waals surface area (Å²) in [5, 5.41) is 12.5. The van der Waals surface area contributed by atoms with E-state index in [9.17, 15) is 5.26 Å². The van der Waals surface area contributed by atoms with Crippen LogP contribution in [0.4, 0.5) is 0 Å². The van der Waals surface area contributed by atoms with Gasteiger partial charge in [-0.3, -0.25) is 4.98 Å². The van der Waals surface area contributed by atoms with E-state index >= 15 is 0 Å². The fourth-order valence-corrected chi connectivity index (χ4v) is 5.04. The summed E-state index contributed by atoms with van der Waals surface area (Å²) in [6, 6.07) is 8.20. The van der Waals surface area contributed by atoms with Crippen LogP contribution in [0.5, 0.6) is 0 Å². The Bertz CT molecular complexity index is 1210. The van der Waals surface area contributed by atoms with Crippen LogP contribution in [-0.2, 0) is 11.2 Å². The fraction of sp³-hybridized carbons (Fsp3) is 0.364. The number of hydrogen-bond donors (Lipinski definition) is 0. The molecule has 3 aromatic heterocycles. The van der Waals surface area contributed by atoms with Gasteiger partial charge in [0, 0.05) is 23.2 Å². The Balaban J connectivity index is 1.77. The fourth-order valence-electron chi connectivity index (χ4n) is 4.48. The maximum atomic E-state index is 9.42. The molecule has 146 valence electrons. The summed E-state index contributed by atoms with van der Waals surface area (Å²) in [4.78, 5) is 14.0. The van der Waals surface area contributed by atoms with E-state index in [0.29, 0.717) is 12.0 Å². The molecular weight excluding hydrogens is 382 g/mol. The maximum Gasteiger partial charge on any atom is 0.116 e. The molecule has 1 aliphatic rings. The minimum Gasteiger partial charge on any atom is -0.375 e. The molecule has 4 heterocycles. The van der Waals surface area contributed by atoms with E-state index < -0.39 is 0 Å². The minimum atomic E-state index is 0.191. The van der Waals surface area contributed by atoms with Crippen LogP contribution in [0, 0.1) is 11.3 Å². The van der Waals surface area contributed by atoms with Gasteiger partial charge in [-0.1, -0.05) is 0 Å². The highest BCUT2D eigenvalue weighted by molar-refractivity contribution is 7.07. The molecule has 1 aliphatic heterocycles. The number of nitriles is 1. The Labute approximate surface area is 172 Å². The smallest absolute Gasteiger partial charge is 0.116 e. The van der Waals surface area contributed by atoms with Crippen LogP contribution >= 0.6 is 11.3 Å². The van der Waals surface area contributed by atoms with Crippen LogP contribution in [0.25, 0.3) is 21.9 Å². The van der Waals surface area contributed by atoms with Crippen molar-refractivity contribution in [2.75, 3.05) is 0 Å². The van der Waals surface area contributed by atoms with Crippen molar-refractivity contribution in [1.82, 2.24) is 19.5 Å². The number of imidazole rings is 1. The molecule has 0 N–H and O–H groups in total. The van der Waals surface area contributed by atoms with E-state index in [-0.39, 0.29) is 18.2 Å². The van der Waals surface area contributed by atoms with Gasteiger partial charge in [0.15, 0.2) is 0 Å². The molecule has 7 heteroatoms. The minimum absolute atomic E-state index is 0.191. The summed E-state index contributed by atoms with van der Waals surface area (Å²) < 4.78 is 8.37. The highest BCUT2D eigenvalue weighted by atomic mass is 32.1. The van der Waals surface area contributed by atoms with Crippen molar-refractivity contribution in [3.63, 3.8) is 0 Å². The van der Waals surface area contributed by atoms with E-state index in [1.165, 1.54) is 0 Å². The molecule has 2 atom stereocenters. The number of ether oxygens (including phenoxy) is 1. The first kappa shape index (κ1) is 18.2. The second kappa shape index (κ2) is 7.21. The maximum absolute atomic E-state index is 9.42. The van der Waals surface area contributed by atoms with Crippen molar-refractivity contribution in [2.24, 2.45) is 0 Å². The summed E-state index contributed by atoms with van der Waals surface area (Å²) in [7, 11) is 0. The zero-order valence-electron chi connectivity index (χ0n) is 16.4. The molecule has 0 saturated carbocycles. The van der Waals surface area contributed by atoms with Crippen molar-refractivity contribution < 1.29 is 4.74 Å². The van der Waals surface area contributed by atoms with Gasteiger partial charge in [-0.15, -0.1) is 11.3 Å². The first-order chi connectivity index (χ1) is 14.1. The number of nitrogens with zero attached hydrogens (tertiary/aromatic N) is 5. The number of rotatable bonds is 3. The predicted molar refractivity (Wildman–Crippen MR) is 113 cm³/mol. The van der Waals surface area contributed by atoms with Crippen molar-refractivity contribution >= 4 is 33.3 Å². The molecule has 0 amide bonds. The third-order valence-electron chi connectivity index (χ3n) is 5.58. The molecule has 1 aromatic carbocycles. The van der Waals surface area contributed by atoms with Crippen LogP contribution < -0.4 is 0 Å². The number of benzene rings is 1. The first-order valence-corrected chi connectivity index (χ1v) is 10.8. The molecule has 0 bridgehead atoms. The van der Waals surface area contributed by atoms with Gasteiger partial charge in [0.25, 0.3) is 0 Å². The molecule has 0 radical (unpaired) electrons. The largest absolute Gasteiger partial charge is 0.375 e. The third kappa shape index (κ3) is 3.28. The van der Waals surface area contributed by atoms with Gasteiger partial charge in [-0.05, 0) is 44.9 Å². The molecule has 6 nitrogen and oxygen atoms in total. The summed E-state index contributed by atoms with van der Waals surface area (Å²) in [5.74, 6) is 0.994. The average molecular weight is 404 g/mol. The quantitative estimate of drug-likeness (QED) is 0.498. The molecule has 1 saturated heterocycles. The van der Waals surface area contributed by atoms with E-state index in [2.05, 4.69) is 39.8 Å². The molecule has 0 unspecified atom stereocenters. The van der Waals surface area contributed by atoms with Crippen LogP contribution in [0.2, 0.25) is 0 Å². The van der Waals surface area contributed by atoms with Gasteiger partial charge in [0.2, 0.25) is 0 Å². The molecule has 4 aromatic rings. The van der Waals surface area contributed by atoms with Crippen molar-refractivity contribution in [1.29, 1.82) is 5.26 Å². The molecule has 0 aliphatic carbocycles. The van der Waals surface area contributed by atoms with Crippen LogP contribution in [0.1, 0.15) is 49.8 Å². The van der Waals surface area contributed by atoms with E-state index in [4.69, 9.17) is 9.72 Å². The van der Waals surface area contributed by atoms with Gasteiger partial charge >= 0.3 is 0 Å². The van der Waals surface area contributed by atoms with Crippen molar-refractivity contribution in [3.05, 3.63) is 52.4 Å². The van der Waals surface area contributed by atoms with Gasteiger partial charge in [0.05, 0.1) is 52.3 Å². The summed E-state index contributed by atoms with van der Waals surface area (Å²) in [5.41, 5.74) is 6.32. The number of pyridine rings is 1. The number of hydrogen-bond acceptors (Lipinski definition) is 6. The Morgan fingerprint density at radius 1 is 1.21 bits per heavy atom. The molecular formula is C22H21N5OS. The summed E-state index contributed by atoms with van der Waals surface area (Å²) in [6.07, 6.45) is 4.77. The van der Waals surface area contributed by atoms with Crippen LogP contribution in [-0.4, -0.2) is 31.7 Å². The van der Waals surface area contributed by atoms with Crippen LogP contribution in [0.15, 0.2) is 35.3 Å². The average Bonchev–Trinajstić information content (AvgIpc) is 3.34. The Kier molecular flexibility index (Phi) is 4.53. The molecule has 5 rings (SSSR count). The lowest BCUT2D eigenvalue weighted by molar-refractivity contribution is -0.0484. The van der Waals surface area contributed by atoms with Gasteiger partial charge < -0.3 is 9.30 Å². The van der Waals surface area contributed by atoms with Gasteiger partial charge in [-0.25, -0.2) is 9.97 Å². The summed E-state index contributed by atoms with van der Waals surface area (Å²) in [6.45, 7) is 4.27. The number of aromatic nitrogens is 4. The van der Waals surface area contributed by atoms with Crippen molar-refractivity contribution in [2.45, 2.75) is 51.4 Å². The number of thiazole rings is 1. The van der Waals surface area contributed by atoms with Gasteiger partial charge in [0.1, 0.15) is 11.3 Å². The predicted octanol–water partition coefficient (Wildman–Crippen LogP) is 4.63. The van der Waals surface area contributed by atoms with Crippen LogP contribution in [0.3, 0.4) is 0 Å². The highest BCUT2D eigenvalue weighted by Gasteiger charge is 2.29. The van der Waals surface area contributed by atoms with E-state index in [0.717, 1.165) is 46.3 Å². The standard InChI is InChI=1S/C22H21N5OS/c1-13-5-17(6-14(2)28-13)27-21(8-16-11-29-12-25-16)26-20-10-24-19-4-3-15(9-23)7-18(19)22(20)27/h3-4,7,10-14,17H,5-6,8H2,1-2H3/t13-,14-/m1/s1. The zero-order chi connectivity index (χ0) is 20.0. The molecule has 1 fully saturated rings. The Hall–Kier alpha value is -2.82. The van der Waals surface area contributed by atoms with Gasteiger partial charge in [-0.2, -0.15) is 5.26 Å². The lowest BCUT2D eigenvalue weighted by atomic mass is 9.98. The van der Waals surface area contributed by atoms with E-state index in [1.807, 2.05) is 29.9 Å². The highest BCUT2D eigenvalue weighted by Crippen LogP contribution is 2.36. The summed E-state index contributed by atoms with van der Waals surface area (Å²) >= 11 is 1.60. The zero-order valence-corrected chi connectivity index (χ0v) is 17.2. The normalized spacial score (nSPS) is 22.2. The Morgan fingerprint density at radius 3 is 2.76 bits per heavy atom. The molecule has 29 heavy (non-hydrogen) atoms. The number of fused-ring (bicyclic) bond motifs is 3. The SMILES string of the molecule is C[C@@H]1CC(n2c(Cc3cscn3)nc3cnc4ccc(C#N)cc4c32)C[C@@H](C)O1. The second-order valence-electron chi connectivity index (χ2n) is 7.77. The van der Waals surface area contributed by atoms with E-state index in [1.54, 1.807) is 11.3 Å².